The lowest BCUT2D eigenvalue weighted by Gasteiger charge is -2.07. The van der Waals surface area contributed by atoms with Crippen molar-refractivity contribution in [2.75, 3.05) is 6.61 Å². The molecule has 3 heteroatoms. The van der Waals surface area contributed by atoms with E-state index in [1.54, 1.807) is 6.92 Å². The minimum atomic E-state index is -0.815. The second-order valence-electron chi connectivity index (χ2n) is 1.88. The highest BCUT2D eigenvalue weighted by molar-refractivity contribution is 9.09. The highest BCUT2D eigenvalue weighted by Gasteiger charge is 2.03. The molecule has 0 rings (SSSR count). The quantitative estimate of drug-likeness (QED) is 0.632. The SMILES string of the molecule is CCC(F)COC(C)Br. The van der Waals surface area contributed by atoms with Gasteiger partial charge in [-0.2, -0.15) is 0 Å². The van der Waals surface area contributed by atoms with E-state index in [1.165, 1.54) is 0 Å². The molecule has 0 bridgehead atoms. The van der Waals surface area contributed by atoms with Crippen molar-refractivity contribution in [3.8, 4) is 0 Å². The molecular formula is C6H12BrFO. The molecule has 0 heterocycles. The molecule has 0 aromatic heterocycles. The molecular weight excluding hydrogens is 187 g/mol. The van der Waals surface area contributed by atoms with E-state index in [0.29, 0.717) is 6.42 Å². The third-order valence-corrected chi connectivity index (χ3v) is 1.21. The van der Waals surface area contributed by atoms with Gasteiger partial charge in [-0.1, -0.05) is 22.9 Å². The van der Waals surface area contributed by atoms with Gasteiger partial charge < -0.3 is 4.74 Å². The van der Waals surface area contributed by atoms with E-state index in [9.17, 15) is 4.39 Å². The smallest absolute Gasteiger partial charge is 0.123 e. The van der Waals surface area contributed by atoms with Crippen LogP contribution in [0, 0.1) is 0 Å². The van der Waals surface area contributed by atoms with E-state index in [1.807, 2.05) is 6.92 Å². The predicted molar refractivity (Wildman–Crippen MR) is 39.5 cm³/mol. The Hall–Kier alpha value is 0.370. The summed E-state index contributed by atoms with van der Waals surface area (Å²) in [6.45, 7) is 3.82. The molecule has 0 saturated carbocycles. The third-order valence-electron chi connectivity index (χ3n) is 0.950. The fourth-order valence-corrected chi connectivity index (χ4v) is 0.507. The largest absolute Gasteiger partial charge is 0.364 e. The molecule has 0 saturated heterocycles. The number of hydrogen-bond acceptors (Lipinski definition) is 1. The first kappa shape index (κ1) is 9.37. The van der Waals surface area contributed by atoms with E-state index in [0.717, 1.165) is 0 Å². The highest BCUT2D eigenvalue weighted by atomic mass is 79.9. The van der Waals surface area contributed by atoms with Crippen molar-refractivity contribution in [1.82, 2.24) is 0 Å². The maximum Gasteiger partial charge on any atom is 0.123 e. The van der Waals surface area contributed by atoms with Crippen molar-refractivity contribution >= 4 is 15.9 Å². The number of halogens is 2. The summed E-state index contributed by atoms with van der Waals surface area (Å²) in [5.41, 5.74) is 0. The fraction of sp³-hybridized carbons (Fsp3) is 1.00. The first-order valence-electron chi connectivity index (χ1n) is 3.06. The van der Waals surface area contributed by atoms with Gasteiger partial charge in [-0.3, -0.25) is 0 Å². The van der Waals surface area contributed by atoms with Crippen LogP contribution in [0.25, 0.3) is 0 Å². The molecule has 0 aliphatic rings. The molecule has 2 atom stereocenters. The lowest BCUT2D eigenvalue weighted by atomic mass is 10.3. The average Bonchev–Trinajstić information content (AvgIpc) is 1.83. The summed E-state index contributed by atoms with van der Waals surface area (Å²) >= 11 is 3.14. The Balaban J connectivity index is 3.06. The molecule has 56 valence electrons. The maximum atomic E-state index is 12.3. The molecule has 9 heavy (non-hydrogen) atoms. The molecule has 0 spiro atoms. The normalized spacial score (nSPS) is 17.3. The van der Waals surface area contributed by atoms with Crippen LogP contribution < -0.4 is 0 Å². The van der Waals surface area contributed by atoms with Crippen LogP contribution in [0.15, 0.2) is 0 Å². The van der Waals surface area contributed by atoms with Gasteiger partial charge in [0.15, 0.2) is 0 Å². The van der Waals surface area contributed by atoms with Crippen LogP contribution in [0.2, 0.25) is 0 Å². The van der Waals surface area contributed by atoms with Gasteiger partial charge in [-0.05, 0) is 13.3 Å². The van der Waals surface area contributed by atoms with Gasteiger partial charge in [0, 0.05) is 0 Å². The Bertz CT molecular complexity index is 68.1. The van der Waals surface area contributed by atoms with E-state index in [2.05, 4.69) is 15.9 Å². The topological polar surface area (TPSA) is 9.23 Å². The Morgan fingerprint density at radius 1 is 1.67 bits per heavy atom. The zero-order valence-corrected chi connectivity index (χ0v) is 7.32. The Labute approximate surface area is 63.7 Å². The van der Waals surface area contributed by atoms with Crippen molar-refractivity contribution in [2.45, 2.75) is 31.5 Å². The molecule has 0 aromatic carbocycles. The fourth-order valence-electron chi connectivity index (χ4n) is 0.355. The second-order valence-corrected chi connectivity index (χ2v) is 3.17. The molecule has 0 radical (unpaired) electrons. The molecule has 2 unspecified atom stereocenters. The minimum absolute atomic E-state index is 0.0395. The van der Waals surface area contributed by atoms with Gasteiger partial charge in [0.05, 0.1) is 6.61 Å². The van der Waals surface area contributed by atoms with E-state index in [4.69, 9.17) is 4.74 Å². The van der Waals surface area contributed by atoms with Crippen LogP contribution in [0.4, 0.5) is 4.39 Å². The van der Waals surface area contributed by atoms with Crippen molar-refractivity contribution < 1.29 is 9.13 Å². The van der Waals surface area contributed by atoms with Gasteiger partial charge >= 0.3 is 0 Å². The number of ether oxygens (including phenoxy) is 1. The molecule has 1 nitrogen and oxygen atoms in total. The summed E-state index contributed by atoms with van der Waals surface area (Å²) in [7, 11) is 0. The number of hydrogen-bond donors (Lipinski definition) is 0. The van der Waals surface area contributed by atoms with Crippen molar-refractivity contribution in [3.63, 3.8) is 0 Å². The molecule has 0 aliphatic heterocycles. The zero-order chi connectivity index (χ0) is 7.28. The summed E-state index contributed by atoms with van der Waals surface area (Å²) in [5.74, 6) is 0. The third kappa shape index (κ3) is 6.25. The summed E-state index contributed by atoms with van der Waals surface area (Å²) in [5, 5.41) is -0.0395. The van der Waals surface area contributed by atoms with Crippen molar-refractivity contribution in [3.05, 3.63) is 0 Å². The summed E-state index contributed by atoms with van der Waals surface area (Å²) in [6.07, 6.45) is -0.287. The van der Waals surface area contributed by atoms with Gasteiger partial charge in [-0.25, -0.2) is 4.39 Å². The van der Waals surface area contributed by atoms with Crippen LogP contribution >= 0.6 is 15.9 Å². The van der Waals surface area contributed by atoms with Crippen LogP contribution in [0.3, 0.4) is 0 Å². The van der Waals surface area contributed by atoms with Crippen LogP contribution in [-0.2, 0) is 4.74 Å². The number of alkyl halides is 2. The maximum absolute atomic E-state index is 12.3. The zero-order valence-electron chi connectivity index (χ0n) is 5.73. The average molecular weight is 199 g/mol. The molecule has 0 amide bonds. The van der Waals surface area contributed by atoms with Gasteiger partial charge in [0.25, 0.3) is 0 Å². The Kier molecular flexibility index (Phi) is 5.39. The summed E-state index contributed by atoms with van der Waals surface area (Å²) in [4.78, 5) is 0. The van der Waals surface area contributed by atoms with Gasteiger partial charge in [0.2, 0.25) is 0 Å². The molecule has 0 N–H and O–H groups in total. The van der Waals surface area contributed by atoms with Crippen molar-refractivity contribution in [2.24, 2.45) is 0 Å². The van der Waals surface area contributed by atoms with Gasteiger partial charge in [0.1, 0.15) is 11.2 Å². The predicted octanol–water partition coefficient (Wildman–Crippen LogP) is 2.49. The van der Waals surface area contributed by atoms with E-state index in [-0.39, 0.29) is 11.6 Å². The van der Waals surface area contributed by atoms with Gasteiger partial charge in [-0.15, -0.1) is 0 Å². The Morgan fingerprint density at radius 2 is 2.22 bits per heavy atom. The standard InChI is InChI=1S/C6H12BrFO/c1-3-6(8)4-9-5(2)7/h5-6H,3-4H2,1-2H3. The monoisotopic (exact) mass is 198 g/mol. The van der Waals surface area contributed by atoms with Crippen LogP contribution in [-0.4, -0.2) is 17.8 Å². The summed E-state index contributed by atoms with van der Waals surface area (Å²) < 4.78 is 17.3. The highest BCUT2D eigenvalue weighted by Crippen LogP contribution is 2.03. The van der Waals surface area contributed by atoms with Crippen LogP contribution in [0.5, 0.6) is 0 Å². The number of rotatable bonds is 4. The minimum Gasteiger partial charge on any atom is -0.364 e. The summed E-state index contributed by atoms with van der Waals surface area (Å²) in [6, 6.07) is 0. The first-order chi connectivity index (χ1) is 4.16. The molecule has 0 fully saturated rings. The lowest BCUT2D eigenvalue weighted by Crippen LogP contribution is -2.11. The van der Waals surface area contributed by atoms with E-state index < -0.39 is 6.17 Å². The van der Waals surface area contributed by atoms with Crippen molar-refractivity contribution in [1.29, 1.82) is 0 Å². The molecule has 0 aromatic rings. The lowest BCUT2D eigenvalue weighted by molar-refractivity contribution is 0.0742. The van der Waals surface area contributed by atoms with E-state index >= 15 is 0 Å². The molecule has 0 aliphatic carbocycles. The Morgan fingerprint density at radius 3 is 2.56 bits per heavy atom. The first-order valence-corrected chi connectivity index (χ1v) is 3.98. The van der Waals surface area contributed by atoms with Crippen LogP contribution in [0.1, 0.15) is 20.3 Å². The second kappa shape index (κ2) is 5.18.